The molecule has 101 heavy (non-hydrogen) atoms. The van der Waals surface area contributed by atoms with Gasteiger partial charge >= 0.3 is 6.09 Å². The number of nitrogens with zero attached hydrogens (tertiary/aromatic N) is 1. The molecule has 0 radical (unpaired) electrons. The minimum absolute atomic E-state index is 0.149. The quantitative estimate of drug-likeness (QED) is 0.0364. The summed E-state index contributed by atoms with van der Waals surface area (Å²) in [5.41, 5.74) is 5.52. The van der Waals surface area contributed by atoms with Crippen molar-refractivity contribution in [3.8, 4) is 0 Å². The van der Waals surface area contributed by atoms with Crippen LogP contribution in [0.2, 0.25) is 0 Å². The van der Waals surface area contributed by atoms with Crippen molar-refractivity contribution in [1.82, 2.24) is 10.2 Å². The third-order valence-corrected chi connectivity index (χ3v) is 17.5. The van der Waals surface area contributed by atoms with Gasteiger partial charge < -0.3 is 62.3 Å². The SMILES string of the molecule is [2H]C(OC[C@H]1OC(CCCN(CCCCCNC(=O)OCc2ccccc2)CCCC2O[C@H](COC([2H])c3ccccc3)[C@@H](OC([2H])c3ccccc3)[C@H](OC([2H])c3ccccc3)[C@@H]2OC([2H])c2ccccc2)[C@@H](OC([2H])c2ccccc2)[C@@H](OC([2H])c2ccccc2)[C@@H]1OC([2H])c1ccccc1)c1ccccc1. The van der Waals surface area contributed by atoms with E-state index in [1.807, 2.05) is 224 Å². The second-order valence-electron chi connectivity index (χ2n) is 25.1. The Morgan fingerprint density at radius 2 is 0.584 bits per heavy atom. The third kappa shape index (κ3) is 25.1. The number of rotatable bonds is 42. The van der Waals surface area contributed by atoms with E-state index in [2.05, 4.69) is 10.2 Å². The molecule has 9 aromatic carbocycles. The van der Waals surface area contributed by atoms with Crippen molar-refractivity contribution in [2.24, 2.45) is 0 Å². The first-order chi connectivity index (χ1) is 53.3. The van der Waals surface area contributed by atoms with Crippen molar-refractivity contribution >= 4 is 6.09 Å². The Kier molecular flexibility index (Phi) is 26.7. The van der Waals surface area contributed by atoms with Gasteiger partial charge in [-0.1, -0.05) is 279 Å². The maximum absolute atomic E-state index is 12.9. The number of hydrogen-bond acceptors (Lipinski definition) is 13. The van der Waals surface area contributed by atoms with Crippen LogP contribution in [0.1, 0.15) is 106 Å². The summed E-state index contributed by atoms with van der Waals surface area (Å²) in [4.78, 5) is 15.2. The largest absolute Gasteiger partial charge is 0.445 e. The summed E-state index contributed by atoms with van der Waals surface area (Å²) in [6, 6.07) is 82.8. The fourth-order valence-electron chi connectivity index (χ4n) is 12.3. The monoisotopic (exact) mass is 1370 g/mol. The minimum atomic E-state index is -1.28. The molecule has 14 heteroatoms. The predicted octanol–water partition coefficient (Wildman–Crippen LogP) is 16.4. The van der Waals surface area contributed by atoms with E-state index in [4.69, 9.17) is 52.1 Å². The van der Waals surface area contributed by atoms with Gasteiger partial charge in [0.05, 0.1) is 89.1 Å². The highest BCUT2D eigenvalue weighted by molar-refractivity contribution is 5.67. The number of carbonyl (C=O) groups is 1. The summed E-state index contributed by atoms with van der Waals surface area (Å²) in [6.45, 7) is -7.98. The Labute approximate surface area is 609 Å². The first kappa shape index (κ1) is 63.7. The number of alkyl carbamates (subject to hydrolysis) is 1. The molecule has 0 spiro atoms. The van der Waals surface area contributed by atoms with Crippen molar-refractivity contribution in [2.75, 3.05) is 39.4 Å². The van der Waals surface area contributed by atoms with Gasteiger partial charge in [0.2, 0.25) is 0 Å². The number of nitrogens with one attached hydrogen (secondary N) is 1. The molecule has 1 amide bonds. The van der Waals surface area contributed by atoms with Crippen LogP contribution in [0.3, 0.4) is 0 Å². The smallest absolute Gasteiger partial charge is 0.407 e. The number of amides is 1. The lowest BCUT2D eigenvalue weighted by atomic mass is 9.91. The van der Waals surface area contributed by atoms with Gasteiger partial charge in [0.25, 0.3) is 0 Å². The van der Waals surface area contributed by atoms with E-state index in [1.54, 1.807) is 48.5 Å². The second kappa shape index (κ2) is 42.3. The molecule has 11 rings (SSSR count). The highest BCUT2D eigenvalue weighted by atomic mass is 16.6. The molecule has 530 valence electrons. The molecule has 2 aliphatic rings. The predicted molar refractivity (Wildman–Crippen MR) is 393 cm³/mol. The molecule has 10 unspecified atom stereocenters. The average molecular weight is 1370 g/mol. The van der Waals surface area contributed by atoms with Crippen LogP contribution in [0.5, 0.6) is 0 Å². The Bertz CT molecular complexity index is 3750. The highest BCUT2D eigenvalue weighted by Crippen LogP contribution is 2.36. The van der Waals surface area contributed by atoms with Gasteiger partial charge in [-0.15, -0.1) is 0 Å². The number of unbranched alkanes of at least 4 members (excludes halogenated alkanes) is 2. The summed E-state index contributed by atoms with van der Waals surface area (Å²) < 4.78 is 150. The molecule has 18 atom stereocenters. The molecule has 9 aromatic rings. The summed E-state index contributed by atoms with van der Waals surface area (Å²) in [7, 11) is 0. The van der Waals surface area contributed by atoms with Gasteiger partial charge in [-0.25, -0.2) is 4.79 Å². The van der Waals surface area contributed by atoms with Crippen LogP contribution >= 0.6 is 0 Å². The van der Waals surface area contributed by atoms with Gasteiger partial charge in [0.15, 0.2) is 0 Å². The molecular weight excluding hydrogens is 1260 g/mol. The van der Waals surface area contributed by atoms with E-state index >= 15 is 0 Å². The maximum Gasteiger partial charge on any atom is 0.407 e. The van der Waals surface area contributed by atoms with Crippen LogP contribution in [-0.4, -0.2) is 111 Å². The lowest BCUT2D eigenvalue weighted by Crippen LogP contribution is -2.61. The lowest BCUT2D eigenvalue weighted by Gasteiger charge is -2.46. The minimum Gasteiger partial charge on any atom is -0.445 e. The van der Waals surface area contributed by atoms with E-state index in [9.17, 15) is 15.8 Å². The van der Waals surface area contributed by atoms with E-state index < -0.39 is 120 Å². The molecule has 0 aliphatic carbocycles. The molecule has 2 aliphatic heterocycles. The van der Waals surface area contributed by atoms with Gasteiger partial charge in [-0.2, -0.15) is 0 Å². The molecule has 2 heterocycles. The first-order valence-electron chi connectivity index (χ1n) is 39.8. The zero-order chi connectivity index (χ0) is 75.9. The molecule has 0 saturated carbocycles. The summed E-state index contributed by atoms with van der Waals surface area (Å²) in [6.07, 6.45) is -6.95. The zero-order valence-corrected chi connectivity index (χ0v) is 57.1. The van der Waals surface area contributed by atoms with Gasteiger partial charge in [-0.05, 0) is 108 Å². The standard InChI is InChI=1S/C87H100N2O12/c90-87(99-65-76-49-27-9-28-50-76)88-53-29-10-30-54-89(55-31-51-77-81(93-59-70-37-15-3-16-38-70)85(97-63-74-45-23-7-24-46-74)83(95-61-72-41-19-5-20-42-72)79(100-77)66-91-57-68-33-11-1-12-34-68)56-32-52-78-82(94-60-71-39-17-4-18-40-71)86(98-64-75-47-25-8-26-48-75)84(96-62-73-43-21-6-22-44-73)80(101-78)67-92-58-69-35-13-2-14-36-69/h1-9,11-28,33-50,77-86H,10,29-32,51-67H2,(H,88,90)/t77?,78?,79-,80-,81-,82-,83-,84-,85-,86-/m1/s1/i57D,58D,59D,60D,61D,62D,63D,64D/t57?,58?,59?,60?,61?,62?,63?,64?,77?,78?,79-,80-,81-,82-,83-,84-,85-,86-. The second-order valence-corrected chi connectivity index (χ2v) is 25.1. The van der Waals surface area contributed by atoms with Crippen LogP contribution in [0, 0.1) is 0 Å². The zero-order valence-electron chi connectivity index (χ0n) is 65.1. The third-order valence-electron chi connectivity index (χ3n) is 17.5. The normalized spacial score (nSPS) is 24.2. The van der Waals surface area contributed by atoms with Gasteiger partial charge in [0, 0.05) is 6.54 Å². The van der Waals surface area contributed by atoms with Crippen molar-refractivity contribution in [3.05, 3.63) is 323 Å². The van der Waals surface area contributed by atoms with E-state index in [-0.39, 0.29) is 19.8 Å². The maximum atomic E-state index is 12.9. The molecule has 1 N–H and O–H groups in total. The van der Waals surface area contributed by atoms with Crippen molar-refractivity contribution < 1.29 is 67.9 Å². The van der Waals surface area contributed by atoms with Crippen molar-refractivity contribution in [3.63, 3.8) is 0 Å². The Morgan fingerprint density at radius 1 is 0.317 bits per heavy atom. The number of carbonyl (C=O) groups excluding carboxylic acids is 1. The van der Waals surface area contributed by atoms with Gasteiger partial charge in [-0.3, -0.25) is 0 Å². The Balaban J connectivity index is 0.903. The van der Waals surface area contributed by atoms with E-state index in [1.165, 1.54) is 0 Å². The lowest BCUT2D eigenvalue weighted by molar-refractivity contribution is -0.274. The summed E-state index contributed by atoms with van der Waals surface area (Å²) in [5.74, 6) is 0. The number of benzene rings is 9. The van der Waals surface area contributed by atoms with Crippen LogP contribution in [0.25, 0.3) is 0 Å². The van der Waals surface area contributed by atoms with Crippen LogP contribution < -0.4 is 5.32 Å². The van der Waals surface area contributed by atoms with Crippen LogP contribution in [0.15, 0.2) is 273 Å². The summed E-state index contributed by atoms with van der Waals surface area (Å²) >= 11 is 0. The molecule has 14 nitrogen and oxygen atoms in total. The van der Waals surface area contributed by atoms with Crippen LogP contribution in [-0.2, 0) is 111 Å². The Hall–Kier alpha value is -8.19. The average Bonchev–Trinajstić information content (AvgIpc) is 0.781. The number of hydrogen-bond donors (Lipinski definition) is 1. The molecule has 0 aromatic heterocycles. The fourth-order valence-corrected chi connectivity index (χ4v) is 12.3. The highest BCUT2D eigenvalue weighted by Gasteiger charge is 2.50. The summed E-state index contributed by atoms with van der Waals surface area (Å²) in [5, 5.41) is 2.91. The number of ether oxygens (including phenoxy) is 11. The fraction of sp³-hybridized carbons (Fsp3) is 0.368. The van der Waals surface area contributed by atoms with Gasteiger partial charge in [0.1, 0.15) is 55.4 Å². The molecule has 2 fully saturated rings. The molecular formula is C87H100N2O12. The van der Waals surface area contributed by atoms with E-state index in [0.717, 1.165) is 18.4 Å². The van der Waals surface area contributed by atoms with E-state index in [0.29, 0.717) is 103 Å². The Morgan fingerprint density at radius 3 is 0.901 bits per heavy atom. The first-order valence-corrected chi connectivity index (χ1v) is 35.2. The molecule has 0 bridgehead atoms. The molecule has 2 saturated heterocycles. The van der Waals surface area contributed by atoms with Crippen LogP contribution in [0.4, 0.5) is 4.79 Å². The van der Waals surface area contributed by atoms with Crippen molar-refractivity contribution in [1.29, 1.82) is 0 Å². The van der Waals surface area contributed by atoms with Crippen molar-refractivity contribution in [2.45, 2.75) is 165 Å². The topological polar surface area (TPSA) is 134 Å².